The monoisotopic (exact) mass is 926 g/mol. The molecule has 0 aromatic heterocycles. The first kappa shape index (κ1) is 51.5. The van der Waals surface area contributed by atoms with Crippen LogP contribution in [0.2, 0.25) is 0 Å². The van der Waals surface area contributed by atoms with E-state index in [4.69, 9.17) is 23.7 Å². The van der Waals surface area contributed by atoms with E-state index in [1.54, 1.807) is 6.92 Å². The standard InChI is InChI=1S/C43H68O18S.Na/c1-20-11-16-43(37(51)60-35-28(47)27(46)26(45)22(19-44)57-35)18-17-40(5)21(33(43)42(20,7)52)9-10-24-39(4)14-13-25(38(2,3)23(39)12-15-41(24,40)6)58-36-30(49)31(61-62(53,54)55)29(48)32(59-36)34(50)56-8;/h9,20,22-33,35-36,44-49,52H,10-19H2,1-8H3,(H,53,54,55);/q;+1/p-1/t20-,22-,23+,24-,25+,26-,27+,28-,29+,30-,31+,32+,33-,35+,36-,39+,40-,41-,42-,43+;/m1./s1. The molecule has 0 bridgehead atoms. The second kappa shape index (κ2) is 17.6. The molecule has 0 amide bonds. The number of aliphatic hydroxyl groups excluding tert-OH is 6. The SMILES string of the molecule is COC(=O)[C@H]1O[C@@H](O[C@H]2CC[C@]3(C)[C@H]4CC=C5[C@H]6[C@](C(=O)O[C@@H]7O[C@H](CO)[C@@H](O)[C@H](O)[C@H]7O)(CC[C@@H](C)[C@@]6(C)O)CC[C@@]5(C)[C@]4(C)CC[C@H]3C2(C)C)[C@H](O)[C@@H](OS(=O)(=O)[O-])[C@@H]1O.[Na+]. The Morgan fingerprint density at radius 1 is 0.841 bits per heavy atom. The fourth-order valence-corrected chi connectivity index (χ4v) is 14.6. The fourth-order valence-electron chi connectivity index (χ4n) is 14.1. The molecule has 7 aliphatic rings. The zero-order valence-corrected chi connectivity index (χ0v) is 40.7. The quantitative estimate of drug-likeness (QED) is 0.0345. The van der Waals surface area contributed by atoms with E-state index in [1.807, 2.05) is 6.92 Å². The number of allylic oxidation sites excluding steroid dienone is 1. The summed E-state index contributed by atoms with van der Waals surface area (Å²) in [5, 5.41) is 75.9. The van der Waals surface area contributed by atoms with E-state index >= 15 is 0 Å². The van der Waals surface area contributed by atoms with Crippen molar-refractivity contribution in [2.75, 3.05) is 13.7 Å². The smallest absolute Gasteiger partial charge is 0.726 e. The minimum atomic E-state index is -5.43. The third kappa shape index (κ3) is 8.04. The summed E-state index contributed by atoms with van der Waals surface area (Å²) in [5.74, 6) is -2.39. The van der Waals surface area contributed by atoms with Crippen molar-refractivity contribution in [1.82, 2.24) is 0 Å². The van der Waals surface area contributed by atoms with E-state index in [9.17, 15) is 58.3 Å². The van der Waals surface area contributed by atoms with Gasteiger partial charge < -0.3 is 64.0 Å². The zero-order chi connectivity index (χ0) is 45.9. The molecule has 7 rings (SSSR count). The molecule has 0 spiro atoms. The van der Waals surface area contributed by atoms with Crippen molar-refractivity contribution >= 4 is 22.3 Å². The molecule has 6 fully saturated rings. The summed E-state index contributed by atoms with van der Waals surface area (Å²) in [6.07, 6.45) is -10.6. The third-order valence-electron chi connectivity index (χ3n) is 18.0. The first-order valence-electron chi connectivity index (χ1n) is 22.0. The van der Waals surface area contributed by atoms with Gasteiger partial charge in [0.2, 0.25) is 16.7 Å². The number of rotatable bonds is 8. The number of ether oxygens (including phenoxy) is 5. The number of methoxy groups -OCH3 is 1. The molecule has 0 radical (unpaired) electrons. The molecule has 63 heavy (non-hydrogen) atoms. The van der Waals surface area contributed by atoms with Crippen molar-refractivity contribution in [2.45, 2.75) is 179 Å². The Morgan fingerprint density at radius 3 is 2.13 bits per heavy atom. The molecule has 20 atom stereocenters. The minimum Gasteiger partial charge on any atom is -0.726 e. The summed E-state index contributed by atoms with van der Waals surface area (Å²) in [7, 11) is -4.39. The van der Waals surface area contributed by atoms with E-state index < -0.39 is 124 Å². The Balaban J connectivity index is 0.00000661. The van der Waals surface area contributed by atoms with Gasteiger partial charge in [-0.1, -0.05) is 53.2 Å². The van der Waals surface area contributed by atoms with Gasteiger partial charge in [-0.2, -0.15) is 0 Å². The van der Waals surface area contributed by atoms with Crippen molar-refractivity contribution in [3.8, 4) is 0 Å². The minimum absolute atomic E-state index is 0. The molecule has 20 heteroatoms. The first-order chi connectivity index (χ1) is 28.7. The Labute approximate surface area is 391 Å². The van der Waals surface area contributed by atoms with Gasteiger partial charge in [0.1, 0.15) is 42.7 Å². The number of hydrogen-bond acceptors (Lipinski definition) is 18. The number of fused-ring (bicyclic) bond motifs is 7. The number of hydrogen-bond donors (Lipinski definition) is 7. The van der Waals surface area contributed by atoms with Crippen LogP contribution >= 0.6 is 0 Å². The van der Waals surface area contributed by atoms with Crippen LogP contribution in [-0.2, 0) is 47.9 Å². The summed E-state index contributed by atoms with van der Waals surface area (Å²) >= 11 is 0. The Bertz CT molecular complexity index is 1880. The van der Waals surface area contributed by atoms with Crippen LogP contribution in [0.25, 0.3) is 0 Å². The van der Waals surface area contributed by atoms with E-state index in [2.05, 4.69) is 44.9 Å². The summed E-state index contributed by atoms with van der Waals surface area (Å²) in [4.78, 5) is 27.3. The molecule has 2 aliphatic heterocycles. The molecule has 2 heterocycles. The van der Waals surface area contributed by atoms with E-state index in [0.717, 1.165) is 25.5 Å². The summed E-state index contributed by atoms with van der Waals surface area (Å²) in [6.45, 7) is 14.1. The molecule has 0 aromatic rings. The molecule has 0 aromatic carbocycles. The Kier molecular flexibility index (Phi) is 14.4. The van der Waals surface area contributed by atoms with Gasteiger partial charge in [0.25, 0.3) is 0 Å². The third-order valence-corrected chi connectivity index (χ3v) is 18.4. The van der Waals surface area contributed by atoms with Crippen LogP contribution in [0.15, 0.2) is 11.6 Å². The first-order valence-corrected chi connectivity index (χ1v) is 23.3. The molecule has 0 unspecified atom stereocenters. The number of aliphatic hydroxyl groups is 7. The van der Waals surface area contributed by atoms with Gasteiger partial charge in [-0.3, -0.25) is 8.98 Å². The molecule has 2 saturated heterocycles. The molecule has 354 valence electrons. The van der Waals surface area contributed by atoms with Gasteiger partial charge in [0, 0.05) is 5.92 Å². The van der Waals surface area contributed by atoms with Gasteiger partial charge >= 0.3 is 41.5 Å². The number of esters is 2. The van der Waals surface area contributed by atoms with Crippen LogP contribution in [0.1, 0.15) is 106 Å². The normalized spacial score (nSPS) is 50.5. The molecular weight excluding hydrogens is 860 g/mol. The van der Waals surface area contributed by atoms with Gasteiger partial charge in [0.05, 0.1) is 30.8 Å². The second-order valence-corrected chi connectivity index (χ2v) is 22.0. The van der Waals surface area contributed by atoms with Crippen molar-refractivity contribution in [3.05, 3.63) is 11.6 Å². The molecular formula is C43H67NaO18S. The van der Waals surface area contributed by atoms with Crippen LogP contribution in [0.4, 0.5) is 0 Å². The van der Waals surface area contributed by atoms with Crippen molar-refractivity contribution in [1.29, 1.82) is 0 Å². The number of carbonyl (C=O) groups excluding carboxylic acids is 2. The Morgan fingerprint density at radius 2 is 1.51 bits per heavy atom. The predicted octanol–water partition coefficient (Wildman–Crippen LogP) is -2.04. The second-order valence-electron chi connectivity index (χ2n) is 21.0. The van der Waals surface area contributed by atoms with Gasteiger partial charge in [0.15, 0.2) is 12.4 Å². The van der Waals surface area contributed by atoms with Crippen LogP contribution in [-0.4, -0.2) is 147 Å². The van der Waals surface area contributed by atoms with Crippen molar-refractivity contribution in [2.24, 2.45) is 50.7 Å². The molecule has 18 nitrogen and oxygen atoms in total. The number of carbonyl (C=O) groups is 2. The van der Waals surface area contributed by atoms with Crippen LogP contribution in [0.3, 0.4) is 0 Å². The average molecular weight is 927 g/mol. The topological polar surface area (TPSA) is 288 Å². The Hall–Kier alpha value is -0.850. The van der Waals surface area contributed by atoms with Crippen LogP contribution in [0, 0.1) is 50.7 Å². The van der Waals surface area contributed by atoms with Crippen LogP contribution < -0.4 is 29.6 Å². The van der Waals surface area contributed by atoms with Gasteiger partial charge in [-0.05, 0) is 104 Å². The summed E-state index contributed by atoms with van der Waals surface area (Å²) in [5.41, 5.74) is -3.15. The average Bonchev–Trinajstić information content (AvgIpc) is 3.19. The maximum absolute atomic E-state index is 14.7. The van der Waals surface area contributed by atoms with Crippen LogP contribution in [0.5, 0.6) is 0 Å². The van der Waals surface area contributed by atoms with Gasteiger partial charge in [-0.15, -0.1) is 0 Å². The largest absolute Gasteiger partial charge is 1.00 e. The maximum Gasteiger partial charge on any atom is 1.00 e. The van der Waals surface area contributed by atoms with E-state index in [0.29, 0.717) is 44.9 Å². The van der Waals surface area contributed by atoms with Gasteiger partial charge in [-0.25, -0.2) is 13.2 Å². The van der Waals surface area contributed by atoms with E-state index in [1.165, 1.54) is 0 Å². The molecule has 4 saturated carbocycles. The predicted molar refractivity (Wildman–Crippen MR) is 212 cm³/mol. The summed E-state index contributed by atoms with van der Waals surface area (Å²) in [6, 6.07) is 0. The molecule has 7 N–H and O–H groups in total. The maximum atomic E-state index is 14.7. The summed E-state index contributed by atoms with van der Waals surface area (Å²) < 4.78 is 67.7. The van der Waals surface area contributed by atoms with E-state index in [-0.39, 0.29) is 58.1 Å². The van der Waals surface area contributed by atoms with Crippen molar-refractivity contribution in [3.63, 3.8) is 0 Å². The zero-order valence-electron chi connectivity index (χ0n) is 37.8. The molecule has 5 aliphatic carbocycles. The fraction of sp³-hybridized carbons (Fsp3) is 0.907. The van der Waals surface area contributed by atoms with Crippen molar-refractivity contribution < 1.29 is 116 Å².